The molecule has 158 valence electrons. The van der Waals surface area contributed by atoms with Gasteiger partial charge in [-0.3, -0.25) is 0 Å². The molecule has 1 heterocycles. The van der Waals surface area contributed by atoms with E-state index in [1.165, 1.54) is 11.3 Å². The number of benzene rings is 1. The number of rotatable bonds is 6. The van der Waals surface area contributed by atoms with Crippen LogP contribution in [0, 0.1) is 0 Å². The van der Waals surface area contributed by atoms with Crippen LogP contribution in [-0.4, -0.2) is 63.3 Å². The monoisotopic (exact) mass is 503 g/mol. The van der Waals surface area contributed by atoms with Crippen LogP contribution in [0.2, 0.25) is 0 Å². The predicted molar refractivity (Wildman–Crippen MR) is 126 cm³/mol. The molecule has 0 aromatic heterocycles. The van der Waals surface area contributed by atoms with Crippen molar-refractivity contribution in [3.05, 3.63) is 29.8 Å². The zero-order valence-electron chi connectivity index (χ0n) is 17.4. The number of amides is 1. The highest BCUT2D eigenvalue weighted by Gasteiger charge is 2.23. The number of anilines is 1. The number of hydrogen-bond acceptors (Lipinski definition) is 4. The fourth-order valence-corrected chi connectivity index (χ4v) is 3.00. The maximum absolute atomic E-state index is 11.8. The van der Waals surface area contributed by atoms with E-state index < -0.39 is 0 Å². The van der Waals surface area contributed by atoms with Crippen molar-refractivity contribution in [3.63, 3.8) is 0 Å². The average molecular weight is 503 g/mol. The van der Waals surface area contributed by atoms with Gasteiger partial charge in [-0.1, -0.05) is 12.1 Å². The molecule has 1 amide bonds. The largest absolute Gasteiger partial charge is 0.450 e. The SMILES string of the molecule is CCNC(=NCc1ccc(N(C)C)cc1)NC1CCN(C(=O)OCC)CC1.I. The Bertz CT molecular complexity index is 614. The molecule has 28 heavy (non-hydrogen) atoms. The molecule has 1 aromatic carbocycles. The molecule has 0 unspecified atom stereocenters. The van der Waals surface area contributed by atoms with Gasteiger partial charge in [-0.15, -0.1) is 24.0 Å². The second-order valence-electron chi connectivity index (χ2n) is 6.86. The number of piperidine rings is 1. The first kappa shape index (κ1) is 24.3. The lowest BCUT2D eigenvalue weighted by Gasteiger charge is -2.32. The second-order valence-corrected chi connectivity index (χ2v) is 6.86. The lowest BCUT2D eigenvalue weighted by atomic mass is 10.1. The Balaban J connectivity index is 0.00000392. The molecule has 0 saturated carbocycles. The molecular formula is C20H34IN5O2. The number of aliphatic imine (C=N–C) groups is 1. The van der Waals surface area contributed by atoms with Crippen molar-refractivity contribution in [2.75, 3.05) is 45.2 Å². The topological polar surface area (TPSA) is 69.2 Å². The van der Waals surface area contributed by atoms with E-state index >= 15 is 0 Å². The molecule has 1 aromatic rings. The summed E-state index contributed by atoms with van der Waals surface area (Å²) in [5, 5.41) is 6.81. The Morgan fingerprint density at radius 2 is 1.86 bits per heavy atom. The number of guanidine groups is 1. The Hall–Kier alpha value is -1.71. The molecule has 7 nitrogen and oxygen atoms in total. The highest BCUT2D eigenvalue weighted by molar-refractivity contribution is 14.0. The normalized spacial score (nSPS) is 14.9. The van der Waals surface area contributed by atoms with Crippen LogP contribution in [0.4, 0.5) is 10.5 Å². The van der Waals surface area contributed by atoms with Crippen molar-refractivity contribution < 1.29 is 9.53 Å². The van der Waals surface area contributed by atoms with Gasteiger partial charge in [0.25, 0.3) is 0 Å². The number of nitrogens with zero attached hydrogens (tertiary/aromatic N) is 3. The maximum Gasteiger partial charge on any atom is 0.409 e. The standard InChI is InChI=1S/C20H33N5O2.HI/c1-5-21-19(22-15-16-7-9-18(10-8-16)24(3)4)23-17-11-13-25(14-12-17)20(26)27-6-2;/h7-10,17H,5-6,11-15H2,1-4H3,(H2,21,22,23);1H. The summed E-state index contributed by atoms with van der Waals surface area (Å²) in [5.74, 6) is 0.823. The summed E-state index contributed by atoms with van der Waals surface area (Å²) < 4.78 is 5.07. The molecule has 2 rings (SSSR count). The summed E-state index contributed by atoms with van der Waals surface area (Å²) in [5.41, 5.74) is 2.36. The lowest BCUT2D eigenvalue weighted by Crippen LogP contribution is -2.49. The fraction of sp³-hybridized carbons (Fsp3) is 0.600. The third-order valence-electron chi connectivity index (χ3n) is 4.58. The molecule has 0 bridgehead atoms. The molecule has 1 saturated heterocycles. The zero-order chi connectivity index (χ0) is 19.6. The van der Waals surface area contributed by atoms with Crippen molar-refractivity contribution in [2.45, 2.75) is 39.3 Å². The number of carbonyl (C=O) groups is 1. The summed E-state index contributed by atoms with van der Waals surface area (Å²) in [6.07, 6.45) is 1.57. The lowest BCUT2D eigenvalue weighted by molar-refractivity contribution is 0.0963. The van der Waals surface area contributed by atoms with Gasteiger partial charge in [-0.25, -0.2) is 9.79 Å². The van der Waals surface area contributed by atoms with Gasteiger partial charge < -0.3 is 25.2 Å². The molecule has 8 heteroatoms. The van der Waals surface area contributed by atoms with Gasteiger partial charge >= 0.3 is 6.09 Å². The second kappa shape index (κ2) is 12.7. The number of nitrogens with one attached hydrogen (secondary N) is 2. The quantitative estimate of drug-likeness (QED) is 0.355. The van der Waals surface area contributed by atoms with Crippen LogP contribution in [0.15, 0.2) is 29.3 Å². The molecule has 1 aliphatic heterocycles. The van der Waals surface area contributed by atoms with Gasteiger partial charge in [0.05, 0.1) is 13.2 Å². The molecule has 1 fully saturated rings. The number of likely N-dealkylation sites (tertiary alicyclic amines) is 1. The highest BCUT2D eigenvalue weighted by atomic mass is 127. The predicted octanol–water partition coefficient (Wildman–Crippen LogP) is 3.05. The van der Waals surface area contributed by atoms with Crippen molar-refractivity contribution in [3.8, 4) is 0 Å². The van der Waals surface area contributed by atoms with Gasteiger partial charge in [0, 0.05) is 45.5 Å². The van der Waals surface area contributed by atoms with E-state index in [0.29, 0.717) is 32.3 Å². The summed E-state index contributed by atoms with van der Waals surface area (Å²) in [7, 11) is 4.07. The maximum atomic E-state index is 11.8. The number of ether oxygens (including phenoxy) is 1. The van der Waals surface area contributed by atoms with E-state index in [9.17, 15) is 4.79 Å². The number of carbonyl (C=O) groups excluding carboxylic acids is 1. The van der Waals surface area contributed by atoms with Crippen molar-refractivity contribution in [1.82, 2.24) is 15.5 Å². The van der Waals surface area contributed by atoms with Gasteiger partial charge in [0.15, 0.2) is 5.96 Å². The Kier molecular flexibility index (Phi) is 11.0. The van der Waals surface area contributed by atoms with Crippen LogP contribution in [0.1, 0.15) is 32.3 Å². The molecule has 0 atom stereocenters. The summed E-state index contributed by atoms with van der Waals surface area (Å²) in [4.78, 5) is 20.4. The first-order chi connectivity index (χ1) is 13.0. The minimum Gasteiger partial charge on any atom is -0.450 e. The van der Waals surface area contributed by atoms with Gasteiger partial charge in [0.2, 0.25) is 0 Å². The van der Waals surface area contributed by atoms with Gasteiger partial charge in [-0.05, 0) is 44.4 Å². The zero-order valence-corrected chi connectivity index (χ0v) is 19.7. The Morgan fingerprint density at radius 3 is 2.39 bits per heavy atom. The number of halogens is 1. The Morgan fingerprint density at radius 1 is 1.21 bits per heavy atom. The van der Waals surface area contributed by atoms with Gasteiger partial charge in [0.1, 0.15) is 0 Å². The van der Waals surface area contributed by atoms with Crippen LogP contribution in [-0.2, 0) is 11.3 Å². The van der Waals surface area contributed by atoms with Crippen molar-refractivity contribution in [2.24, 2.45) is 4.99 Å². The van der Waals surface area contributed by atoms with E-state index in [4.69, 9.17) is 9.73 Å². The minimum atomic E-state index is -0.210. The van der Waals surface area contributed by atoms with Crippen molar-refractivity contribution in [1.29, 1.82) is 0 Å². The van der Waals surface area contributed by atoms with Gasteiger partial charge in [-0.2, -0.15) is 0 Å². The molecule has 0 aliphatic carbocycles. The fourth-order valence-electron chi connectivity index (χ4n) is 3.00. The smallest absolute Gasteiger partial charge is 0.409 e. The summed E-state index contributed by atoms with van der Waals surface area (Å²) in [6.45, 7) is 7.18. The first-order valence-corrected chi connectivity index (χ1v) is 9.76. The van der Waals surface area contributed by atoms with Crippen LogP contribution in [0.3, 0.4) is 0 Å². The highest BCUT2D eigenvalue weighted by Crippen LogP contribution is 2.14. The van der Waals surface area contributed by atoms with Crippen LogP contribution in [0.5, 0.6) is 0 Å². The van der Waals surface area contributed by atoms with E-state index in [0.717, 1.165) is 25.3 Å². The van der Waals surface area contributed by atoms with E-state index in [1.807, 2.05) is 21.0 Å². The van der Waals surface area contributed by atoms with Crippen LogP contribution < -0.4 is 15.5 Å². The first-order valence-electron chi connectivity index (χ1n) is 9.76. The summed E-state index contributed by atoms with van der Waals surface area (Å²) in [6, 6.07) is 8.75. The summed E-state index contributed by atoms with van der Waals surface area (Å²) >= 11 is 0. The van der Waals surface area contributed by atoms with E-state index in [-0.39, 0.29) is 30.1 Å². The third-order valence-corrected chi connectivity index (χ3v) is 4.58. The Labute approximate surface area is 185 Å². The average Bonchev–Trinajstić information content (AvgIpc) is 2.67. The van der Waals surface area contributed by atoms with Crippen LogP contribution in [0.25, 0.3) is 0 Å². The molecule has 0 radical (unpaired) electrons. The van der Waals surface area contributed by atoms with Crippen molar-refractivity contribution >= 4 is 41.7 Å². The third kappa shape index (κ3) is 7.73. The minimum absolute atomic E-state index is 0. The number of hydrogen-bond donors (Lipinski definition) is 2. The molecular weight excluding hydrogens is 469 g/mol. The molecule has 2 N–H and O–H groups in total. The van der Waals surface area contributed by atoms with E-state index in [2.05, 4.69) is 46.7 Å². The molecule has 0 spiro atoms. The van der Waals surface area contributed by atoms with E-state index in [1.54, 1.807) is 4.90 Å². The van der Waals surface area contributed by atoms with Crippen LogP contribution >= 0.6 is 24.0 Å². The molecule has 1 aliphatic rings.